The average molecular weight is 287 g/mol. The van der Waals surface area contributed by atoms with E-state index in [2.05, 4.69) is 48.0 Å². The molecule has 116 valence electrons. The van der Waals surface area contributed by atoms with Gasteiger partial charge in [-0.05, 0) is 57.3 Å². The highest BCUT2D eigenvalue weighted by atomic mass is 15.2. The summed E-state index contributed by atoms with van der Waals surface area (Å²) in [5.74, 6) is 0. The SMILES string of the molecule is CC1CC(CN)(N2CCc3ccccc3CC2)CCN1C. The molecule has 1 aromatic carbocycles. The Morgan fingerprint density at radius 2 is 1.76 bits per heavy atom. The Labute approximate surface area is 129 Å². The largest absolute Gasteiger partial charge is 0.329 e. The van der Waals surface area contributed by atoms with E-state index in [1.807, 2.05) is 0 Å². The lowest BCUT2D eigenvalue weighted by Crippen LogP contribution is -2.61. The number of hydrogen-bond acceptors (Lipinski definition) is 3. The smallest absolute Gasteiger partial charge is 0.0358 e. The van der Waals surface area contributed by atoms with Crippen LogP contribution >= 0.6 is 0 Å². The lowest BCUT2D eigenvalue weighted by molar-refractivity contribution is 0.0129. The maximum atomic E-state index is 6.27. The highest BCUT2D eigenvalue weighted by molar-refractivity contribution is 5.29. The zero-order valence-corrected chi connectivity index (χ0v) is 13.5. The average Bonchev–Trinajstić information content (AvgIpc) is 2.73. The molecule has 2 aliphatic rings. The maximum Gasteiger partial charge on any atom is 0.0358 e. The van der Waals surface area contributed by atoms with Crippen molar-refractivity contribution in [2.75, 3.05) is 33.2 Å². The fourth-order valence-corrected chi connectivity index (χ4v) is 4.16. The van der Waals surface area contributed by atoms with E-state index in [1.165, 1.54) is 43.4 Å². The molecule has 2 N–H and O–H groups in total. The predicted octanol–water partition coefficient (Wildman–Crippen LogP) is 1.90. The molecule has 0 amide bonds. The number of benzene rings is 1. The van der Waals surface area contributed by atoms with Crippen molar-refractivity contribution in [2.24, 2.45) is 5.73 Å². The standard InChI is InChI=1S/C18H29N3/c1-15-13-18(14-19,9-12-20(15)2)21-10-7-16-5-3-4-6-17(16)8-11-21/h3-6,15H,7-14,19H2,1-2H3. The van der Waals surface area contributed by atoms with Gasteiger partial charge in [0.1, 0.15) is 0 Å². The van der Waals surface area contributed by atoms with E-state index < -0.39 is 0 Å². The Hall–Kier alpha value is -0.900. The van der Waals surface area contributed by atoms with Gasteiger partial charge in [-0.3, -0.25) is 4.90 Å². The quantitative estimate of drug-likeness (QED) is 0.902. The second-order valence-corrected chi connectivity index (χ2v) is 6.97. The minimum absolute atomic E-state index is 0.216. The molecule has 2 aliphatic heterocycles. The summed E-state index contributed by atoms with van der Waals surface area (Å²) in [6, 6.07) is 9.57. The lowest BCUT2D eigenvalue weighted by atomic mass is 9.82. The maximum absolute atomic E-state index is 6.27. The predicted molar refractivity (Wildman–Crippen MR) is 88.5 cm³/mol. The van der Waals surface area contributed by atoms with E-state index in [-0.39, 0.29) is 5.54 Å². The third kappa shape index (κ3) is 2.87. The Balaban J connectivity index is 1.77. The van der Waals surface area contributed by atoms with Crippen LogP contribution in [0.25, 0.3) is 0 Å². The third-order valence-electron chi connectivity index (χ3n) is 5.83. The van der Waals surface area contributed by atoms with Crippen LogP contribution < -0.4 is 5.73 Å². The molecule has 0 spiro atoms. The molecule has 0 saturated carbocycles. The first kappa shape index (κ1) is 15.0. The molecule has 21 heavy (non-hydrogen) atoms. The summed E-state index contributed by atoms with van der Waals surface area (Å²) in [7, 11) is 2.24. The molecule has 0 aromatic heterocycles. The number of nitrogens with two attached hydrogens (primary N) is 1. The molecule has 3 heteroatoms. The van der Waals surface area contributed by atoms with E-state index >= 15 is 0 Å². The molecular weight excluding hydrogens is 258 g/mol. The van der Waals surface area contributed by atoms with Gasteiger partial charge in [0, 0.05) is 31.2 Å². The van der Waals surface area contributed by atoms with Gasteiger partial charge in [0.05, 0.1) is 0 Å². The van der Waals surface area contributed by atoms with Crippen LogP contribution in [0.5, 0.6) is 0 Å². The molecule has 2 unspecified atom stereocenters. The van der Waals surface area contributed by atoms with Gasteiger partial charge in [0.15, 0.2) is 0 Å². The molecule has 1 aromatic rings. The van der Waals surface area contributed by atoms with Crippen molar-refractivity contribution >= 4 is 0 Å². The van der Waals surface area contributed by atoms with E-state index in [1.54, 1.807) is 0 Å². The Morgan fingerprint density at radius 1 is 1.14 bits per heavy atom. The van der Waals surface area contributed by atoms with Crippen LogP contribution in [0.4, 0.5) is 0 Å². The van der Waals surface area contributed by atoms with Crippen LogP contribution in [0, 0.1) is 0 Å². The zero-order chi connectivity index (χ0) is 14.9. The van der Waals surface area contributed by atoms with Gasteiger partial charge in [-0.2, -0.15) is 0 Å². The molecule has 3 rings (SSSR count). The highest BCUT2D eigenvalue weighted by Crippen LogP contribution is 2.32. The summed E-state index contributed by atoms with van der Waals surface area (Å²) in [5, 5.41) is 0. The molecule has 1 fully saturated rings. The number of nitrogens with zero attached hydrogens (tertiary/aromatic N) is 2. The van der Waals surface area contributed by atoms with Crippen LogP contribution in [-0.4, -0.2) is 54.6 Å². The van der Waals surface area contributed by atoms with E-state index in [9.17, 15) is 0 Å². The zero-order valence-electron chi connectivity index (χ0n) is 13.5. The van der Waals surface area contributed by atoms with Gasteiger partial charge in [-0.25, -0.2) is 0 Å². The molecule has 1 saturated heterocycles. The first-order valence-corrected chi connectivity index (χ1v) is 8.37. The van der Waals surface area contributed by atoms with E-state index in [0.29, 0.717) is 6.04 Å². The first-order chi connectivity index (χ1) is 10.1. The second kappa shape index (κ2) is 6.07. The van der Waals surface area contributed by atoms with Gasteiger partial charge in [-0.15, -0.1) is 0 Å². The summed E-state index contributed by atoms with van der Waals surface area (Å²) in [6.07, 6.45) is 4.75. The van der Waals surface area contributed by atoms with Crippen LogP contribution in [0.15, 0.2) is 24.3 Å². The van der Waals surface area contributed by atoms with Crippen LogP contribution in [0.2, 0.25) is 0 Å². The fraction of sp³-hybridized carbons (Fsp3) is 0.667. The normalized spacial score (nSPS) is 31.7. The summed E-state index contributed by atoms with van der Waals surface area (Å²) in [6.45, 7) is 6.62. The van der Waals surface area contributed by atoms with Crippen molar-refractivity contribution in [3.05, 3.63) is 35.4 Å². The topological polar surface area (TPSA) is 32.5 Å². The second-order valence-electron chi connectivity index (χ2n) is 6.97. The van der Waals surface area contributed by atoms with Crippen LogP contribution in [-0.2, 0) is 12.8 Å². The summed E-state index contributed by atoms with van der Waals surface area (Å²) < 4.78 is 0. The van der Waals surface area contributed by atoms with Crippen molar-refractivity contribution in [1.82, 2.24) is 9.80 Å². The van der Waals surface area contributed by atoms with Crippen molar-refractivity contribution in [3.63, 3.8) is 0 Å². The molecular formula is C18H29N3. The lowest BCUT2D eigenvalue weighted by Gasteiger charge is -2.50. The number of hydrogen-bond donors (Lipinski definition) is 1. The van der Waals surface area contributed by atoms with Crippen molar-refractivity contribution in [2.45, 2.75) is 44.2 Å². The molecule has 3 nitrogen and oxygen atoms in total. The molecule has 0 bridgehead atoms. The number of piperidine rings is 1. The van der Waals surface area contributed by atoms with Crippen molar-refractivity contribution < 1.29 is 0 Å². The van der Waals surface area contributed by atoms with Gasteiger partial charge in [-0.1, -0.05) is 24.3 Å². The van der Waals surface area contributed by atoms with Crippen LogP contribution in [0.1, 0.15) is 30.9 Å². The number of rotatable bonds is 2. The minimum atomic E-state index is 0.216. The minimum Gasteiger partial charge on any atom is -0.329 e. The third-order valence-corrected chi connectivity index (χ3v) is 5.83. The first-order valence-electron chi connectivity index (χ1n) is 8.37. The monoisotopic (exact) mass is 287 g/mol. The van der Waals surface area contributed by atoms with Crippen LogP contribution in [0.3, 0.4) is 0 Å². The molecule has 2 heterocycles. The Kier molecular flexibility index (Phi) is 4.34. The Morgan fingerprint density at radius 3 is 2.29 bits per heavy atom. The molecule has 2 atom stereocenters. The van der Waals surface area contributed by atoms with Crippen molar-refractivity contribution in [1.29, 1.82) is 0 Å². The van der Waals surface area contributed by atoms with Gasteiger partial charge in [0.25, 0.3) is 0 Å². The number of likely N-dealkylation sites (tertiary alicyclic amines) is 1. The fourth-order valence-electron chi connectivity index (χ4n) is 4.16. The highest BCUT2D eigenvalue weighted by Gasteiger charge is 2.40. The van der Waals surface area contributed by atoms with Gasteiger partial charge >= 0.3 is 0 Å². The Bertz CT molecular complexity index is 460. The number of fused-ring (bicyclic) bond motifs is 1. The van der Waals surface area contributed by atoms with E-state index in [4.69, 9.17) is 5.73 Å². The van der Waals surface area contributed by atoms with Crippen molar-refractivity contribution in [3.8, 4) is 0 Å². The summed E-state index contributed by atoms with van der Waals surface area (Å²) in [5.41, 5.74) is 9.56. The van der Waals surface area contributed by atoms with Gasteiger partial charge < -0.3 is 10.6 Å². The molecule has 0 aliphatic carbocycles. The summed E-state index contributed by atoms with van der Waals surface area (Å²) in [4.78, 5) is 5.18. The summed E-state index contributed by atoms with van der Waals surface area (Å²) >= 11 is 0. The van der Waals surface area contributed by atoms with Gasteiger partial charge in [0.2, 0.25) is 0 Å². The molecule has 0 radical (unpaired) electrons. The van der Waals surface area contributed by atoms with E-state index in [0.717, 1.165) is 19.6 Å².